The highest BCUT2D eigenvalue weighted by Gasteiger charge is 2.27. The van der Waals surface area contributed by atoms with Crippen molar-refractivity contribution >= 4 is 22.6 Å². The molecule has 0 bridgehead atoms. The molecule has 2 nitrogen and oxygen atoms in total. The molecule has 94 valence electrons. The van der Waals surface area contributed by atoms with Gasteiger partial charge in [-0.3, -0.25) is 4.90 Å². The van der Waals surface area contributed by atoms with Crippen LogP contribution in [0.4, 0.5) is 0 Å². The average molecular weight is 345 g/mol. The topological polar surface area (TPSA) is 23.5 Å². The predicted octanol–water partition coefficient (Wildman–Crippen LogP) is 3.85. The first kappa shape index (κ1) is 13.1. The van der Waals surface area contributed by atoms with E-state index < -0.39 is 0 Å². The lowest BCUT2D eigenvalue weighted by Gasteiger charge is -2.30. The van der Waals surface area contributed by atoms with Crippen molar-refractivity contribution in [1.82, 2.24) is 4.90 Å². The average Bonchev–Trinajstić information content (AvgIpc) is 2.72. The minimum atomic E-state index is 0.403. The molecule has 1 N–H and O–H groups in total. The van der Waals surface area contributed by atoms with E-state index >= 15 is 0 Å². The molecule has 2 rings (SSSR count). The van der Waals surface area contributed by atoms with Gasteiger partial charge in [-0.05, 0) is 74.4 Å². The Bertz CT molecular complexity index is 419. The quantitative estimate of drug-likeness (QED) is 0.823. The van der Waals surface area contributed by atoms with E-state index in [2.05, 4.69) is 47.4 Å². The lowest BCUT2D eigenvalue weighted by molar-refractivity contribution is 0.204. The molecule has 0 spiro atoms. The number of rotatable bonds is 2. The number of benzene rings is 1. The molecule has 0 saturated carbocycles. The van der Waals surface area contributed by atoms with Gasteiger partial charge in [0.15, 0.2) is 0 Å². The summed E-state index contributed by atoms with van der Waals surface area (Å²) in [6.45, 7) is 7.76. The van der Waals surface area contributed by atoms with Gasteiger partial charge in [0.1, 0.15) is 5.75 Å². The van der Waals surface area contributed by atoms with Gasteiger partial charge in [0.05, 0.1) is 0 Å². The van der Waals surface area contributed by atoms with E-state index in [1.165, 1.54) is 28.5 Å². The zero-order valence-corrected chi connectivity index (χ0v) is 12.9. The second-order valence-corrected chi connectivity index (χ2v) is 6.10. The van der Waals surface area contributed by atoms with Crippen molar-refractivity contribution < 1.29 is 5.11 Å². The summed E-state index contributed by atoms with van der Waals surface area (Å²) in [4.78, 5) is 2.56. The Kier molecular flexibility index (Phi) is 3.98. The minimum absolute atomic E-state index is 0.403. The van der Waals surface area contributed by atoms with E-state index in [9.17, 15) is 5.11 Å². The molecule has 0 amide bonds. The maximum Gasteiger partial charge on any atom is 0.119 e. The summed E-state index contributed by atoms with van der Waals surface area (Å²) in [5, 5.41) is 9.71. The fourth-order valence-corrected chi connectivity index (χ4v) is 3.63. The van der Waals surface area contributed by atoms with E-state index in [-0.39, 0.29) is 0 Å². The van der Waals surface area contributed by atoms with Crippen LogP contribution in [-0.2, 0) is 0 Å². The van der Waals surface area contributed by atoms with E-state index in [0.29, 0.717) is 17.8 Å². The smallest absolute Gasteiger partial charge is 0.119 e. The first-order valence-electron chi connectivity index (χ1n) is 6.26. The monoisotopic (exact) mass is 345 g/mol. The van der Waals surface area contributed by atoms with Gasteiger partial charge in [-0.15, -0.1) is 0 Å². The summed E-state index contributed by atoms with van der Waals surface area (Å²) in [6.07, 6.45) is 2.61. The van der Waals surface area contributed by atoms with Crippen LogP contribution in [0.2, 0.25) is 0 Å². The predicted molar refractivity (Wildman–Crippen MR) is 79.4 cm³/mol. The number of phenolic OH excluding ortho intramolecular Hbond substituents is 1. The van der Waals surface area contributed by atoms with E-state index in [0.717, 1.165) is 5.56 Å². The lowest BCUT2D eigenvalue weighted by Crippen LogP contribution is -2.30. The van der Waals surface area contributed by atoms with Gasteiger partial charge in [-0.1, -0.05) is 6.07 Å². The number of nitrogens with zero attached hydrogens (tertiary/aromatic N) is 1. The van der Waals surface area contributed by atoms with E-state index in [1.807, 2.05) is 13.0 Å². The van der Waals surface area contributed by atoms with E-state index in [1.54, 1.807) is 0 Å². The summed E-state index contributed by atoms with van der Waals surface area (Å²) >= 11 is 2.35. The standard InChI is InChI=1S/C14H20INO/c1-9-5-4-8-16(9)11(3)12-6-7-13(17)10(2)14(12)15/h6-7,9,11,17H,4-5,8H2,1-3H3. The SMILES string of the molecule is Cc1c(O)ccc(C(C)N2CCCC2C)c1I. The summed E-state index contributed by atoms with van der Waals surface area (Å²) in [6, 6.07) is 5.01. The zero-order chi connectivity index (χ0) is 12.6. The van der Waals surface area contributed by atoms with Crippen LogP contribution in [0, 0.1) is 10.5 Å². The van der Waals surface area contributed by atoms with E-state index in [4.69, 9.17) is 0 Å². The molecule has 1 heterocycles. The Hall–Kier alpha value is -0.290. The van der Waals surface area contributed by atoms with Crippen molar-refractivity contribution in [3.8, 4) is 5.75 Å². The van der Waals surface area contributed by atoms with Gasteiger partial charge in [-0.25, -0.2) is 0 Å². The maximum atomic E-state index is 9.71. The number of likely N-dealkylation sites (tertiary alicyclic amines) is 1. The molecule has 1 aromatic rings. The van der Waals surface area contributed by atoms with Crippen LogP contribution in [0.3, 0.4) is 0 Å². The van der Waals surface area contributed by atoms with Gasteiger partial charge in [-0.2, -0.15) is 0 Å². The molecule has 2 atom stereocenters. The fraction of sp³-hybridized carbons (Fsp3) is 0.571. The molecule has 3 heteroatoms. The van der Waals surface area contributed by atoms with Crippen LogP contribution in [0.15, 0.2) is 12.1 Å². The second kappa shape index (κ2) is 5.14. The highest BCUT2D eigenvalue weighted by Crippen LogP contribution is 2.34. The van der Waals surface area contributed by atoms with Crippen molar-refractivity contribution in [3.05, 3.63) is 26.8 Å². The molecule has 0 aliphatic carbocycles. The third kappa shape index (κ3) is 2.45. The van der Waals surface area contributed by atoms with Crippen LogP contribution in [-0.4, -0.2) is 22.6 Å². The fourth-order valence-electron chi connectivity index (χ4n) is 2.73. The van der Waals surface area contributed by atoms with Crippen LogP contribution >= 0.6 is 22.6 Å². The molecule has 1 aliphatic heterocycles. The molecule has 1 aliphatic rings. The molecular formula is C14H20INO. The summed E-state index contributed by atoms with van der Waals surface area (Å²) in [7, 11) is 0. The first-order valence-corrected chi connectivity index (χ1v) is 7.34. The normalized spacial score (nSPS) is 22.9. The molecular weight excluding hydrogens is 325 g/mol. The second-order valence-electron chi connectivity index (χ2n) is 5.02. The molecule has 0 aromatic heterocycles. The van der Waals surface area contributed by atoms with Gasteiger partial charge in [0.2, 0.25) is 0 Å². The van der Waals surface area contributed by atoms with Gasteiger partial charge >= 0.3 is 0 Å². The van der Waals surface area contributed by atoms with Crippen LogP contribution in [0.1, 0.15) is 43.9 Å². The van der Waals surface area contributed by atoms with Crippen molar-refractivity contribution in [1.29, 1.82) is 0 Å². The molecule has 17 heavy (non-hydrogen) atoms. The minimum Gasteiger partial charge on any atom is -0.508 e. The van der Waals surface area contributed by atoms with Crippen LogP contribution < -0.4 is 0 Å². The summed E-state index contributed by atoms with van der Waals surface area (Å²) in [5.74, 6) is 0.403. The maximum absolute atomic E-state index is 9.71. The first-order chi connectivity index (χ1) is 8.02. The Morgan fingerprint density at radius 3 is 2.76 bits per heavy atom. The van der Waals surface area contributed by atoms with Gasteiger partial charge < -0.3 is 5.11 Å². The molecule has 1 fully saturated rings. The van der Waals surface area contributed by atoms with Crippen molar-refractivity contribution in [3.63, 3.8) is 0 Å². The Balaban J connectivity index is 2.31. The third-order valence-electron chi connectivity index (χ3n) is 3.94. The van der Waals surface area contributed by atoms with Crippen molar-refractivity contribution in [2.24, 2.45) is 0 Å². The summed E-state index contributed by atoms with van der Waals surface area (Å²) < 4.78 is 1.20. The van der Waals surface area contributed by atoms with Crippen LogP contribution in [0.5, 0.6) is 5.75 Å². The zero-order valence-electron chi connectivity index (χ0n) is 10.7. The third-order valence-corrected chi connectivity index (χ3v) is 5.37. The Labute approximate surface area is 117 Å². The number of aromatic hydroxyl groups is 1. The largest absolute Gasteiger partial charge is 0.508 e. The molecule has 1 aromatic carbocycles. The highest BCUT2D eigenvalue weighted by molar-refractivity contribution is 14.1. The lowest BCUT2D eigenvalue weighted by atomic mass is 10.0. The number of hydrogen-bond acceptors (Lipinski definition) is 2. The van der Waals surface area contributed by atoms with Gasteiger partial charge in [0.25, 0.3) is 0 Å². The number of phenols is 1. The summed E-state index contributed by atoms with van der Waals surface area (Å²) in [5.41, 5.74) is 2.34. The molecule has 0 radical (unpaired) electrons. The Morgan fingerprint density at radius 1 is 1.47 bits per heavy atom. The van der Waals surface area contributed by atoms with Crippen LogP contribution in [0.25, 0.3) is 0 Å². The van der Waals surface area contributed by atoms with Gasteiger partial charge in [0, 0.05) is 21.2 Å². The Morgan fingerprint density at radius 2 is 2.18 bits per heavy atom. The molecule has 2 unspecified atom stereocenters. The number of hydrogen-bond donors (Lipinski definition) is 1. The molecule has 1 saturated heterocycles. The van der Waals surface area contributed by atoms with Crippen molar-refractivity contribution in [2.45, 2.75) is 45.7 Å². The van der Waals surface area contributed by atoms with Crippen molar-refractivity contribution in [2.75, 3.05) is 6.54 Å². The number of halogens is 1. The highest BCUT2D eigenvalue weighted by atomic mass is 127.